The summed E-state index contributed by atoms with van der Waals surface area (Å²) in [7, 11) is 1.68. The van der Waals surface area contributed by atoms with Crippen molar-refractivity contribution in [3.63, 3.8) is 0 Å². The minimum Gasteiger partial charge on any atom is -0.394 e. The van der Waals surface area contributed by atoms with E-state index in [9.17, 15) is 19.5 Å². The van der Waals surface area contributed by atoms with Gasteiger partial charge in [0.05, 0.1) is 30.6 Å². The van der Waals surface area contributed by atoms with Gasteiger partial charge < -0.3 is 24.5 Å². The zero-order valence-electron chi connectivity index (χ0n) is 20.8. The van der Waals surface area contributed by atoms with Crippen LogP contribution in [0.15, 0.2) is 25.3 Å². The molecule has 7 atom stereocenters. The Morgan fingerprint density at radius 3 is 2.35 bits per heavy atom. The lowest BCUT2D eigenvalue weighted by atomic mass is 9.70. The normalized spacial score (nSPS) is 32.8. The fraction of sp³-hybridized carbons (Fsp3) is 0.720. The molecule has 3 aliphatic rings. The fourth-order valence-corrected chi connectivity index (χ4v) is 6.94. The predicted octanol–water partition coefficient (Wildman–Crippen LogP) is 1.82. The number of alkyl halides is 1. The first-order valence-corrected chi connectivity index (χ1v) is 12.9. The molecule has 9 heteroatoms. The molecule has 0 aromatic rings. The topological polar surface area (TPSA) is 90.4 Å². The van der Waals surface area contributed by atoms with Crippen LogP contribution in [0, 0.1) is 17.8 Å². The average molecular weight is 540 g/mol. The van der Waals surface area contributed by atoms with E-state index in [-0.39, 0.29) is 41.1 Å². The molecule has 1 N–H and O–H groups in total. The highest BCUT2D eigenvalue weighted by Crippen LogP contribution is 2.61. The van der Waals surface area contributed by atoms with Gasteiger partial charge in [-0.25, -0.2) is 0 Å². The van der Waals surface area contributed by atoms with Crippen molar-refractivity contribution in [3.8, 4) is 0 Å². The number of hydrogen-bond donors (Lipinski definition) is 1. The molecule has 0 aromatic carbocycles. The molecule has 0 aliphatic carbocycles. The van der Waals surface area contributed by atoms with Crippen LogP contribution in [0.1, 0.15) is 34.1 Å². The van der Waals surface area contributed by atoms with E-state index in [1.54, 1.807) is 29.0 Å². The monoisotopic (exact) mass is 539 g/mol. The Kier molecular flexibility index (Phi) is 7.99. The lowest BCUT2D eigenvalue weighted by Crippen LogP contribution is -2.60. The van der Waals surface area contributed by atoms with Crippen LogP contribution in [-0.2, 0) is 19.1 Å². The number of halogens is 1. The minimum absolute atomic E-state index is 0.0964. The number of amides is 3. The van der Waals surface area contributed by atoms with Gasteiger partial charge in [0.2, 0.25) is 17.7 Å². The summed E-state index contributed by atoms with van der Waals surface area (Å²) in [4.78, 5) is 46.3. The molecule has 3 aliphatic heterocycles. The summed E-state index contributed by atoms with van der Waals surface area (Å²) >= 11 is 3.68. The quantitative estimate of drug-likeness (QED) is 0.337. The maximum absolute atomic E-state index is 14.1. The molecular formula is C25H38BrN3O5. The van der Waals surface area contributed by atoms with E-state index in [1.807, 2.05) is 27.7 Å². The molecule has 3 rings (SSSR count). The van der Waals surface area contributed by atoms with Gasteiger partial charge in [-0.05, 0) is 26.2 Å². The van der Waals surface area contributed by atoms with Crippen molar-refractivity contribution in [1.82, 2.24) is 14.7 Å². The van der Waals surface area contributed by atoms with E-state index >= 15 is 0 Å². The highest BCUT2D eigenvalue weighted by atomic mass is 79.9. The van der Waals surface area contributed by atoms with E-state index in [1.165, 1.54) is 4.90 Å². The SMILES string of the molecule is C=CCN(C)C(=O)[C@H]1[C@@H]2OC3(CC2Br)C(C(=O)N(CC=C)C(C)C)N([C@@H](CO)C(C)C)C(=O)[C@H]13. The van der Waals surface area contributed by atoms with Crippen LogP contribution in [0.5, 0.6) is 0 Å². The molecule has 0 radical (unpaired) electrons. The number of carbonyl (C=O) groups excluding carboxylic acids is 3. The Hall–Kier alpha value is -1.71. The summed E-state index contributed by atoms with van der Waals surface area (Å²) in [5.74, 6) is -2.32. The summed E-state index contributed by atoms with van der Waals surface area (Å²) < 4.78 is 6.54. The average Bonchev–Trinajstić information content (AvgIpc) is 3.35. The number of likely N-dealkylation sites (N-methyl/N-ethyl adjacent to an activating group) is 1. The standard InChI is InChI=1S/C25H38BrN3O5/c1-8-10-27(7)22(31)18-19-23(32)29(17(13-30)14(3)4)21(24(33)28(11-9-2)15(5)6)25(19)12-16(26)20(18)34-25/h8-9,14-21,30H,1-2,10-13H2,3-7H3/t16?,17-,18+,19-,20+,21?,25?/m0/s1. The van der Waals surface area contributed by atoms with Crippen LogP contribution in [0.25, 0.3) is 0 Å². The van der Waals surface area contributed by atoms with Crippen LogP contribution < -0.4 is 0 Å². The fourth-order valence-electron chi connectivity index (χ4n) is 6.00. The molecule has 3 amide bonds. The third-order valence-corrected chi connectivity index (χ3v) is 8.42. The van der Waals surface area contributed by atoms with Crippen molar-refractivity contribution in [1.29, 1.82) is 0 Å². The number of rotatable bonds is 10. The molecule has 1 spiro atoms. The molecule has 3 saturated heterocycles. The molecule has 2 bridgehead atoms. The second kappa shape index (κ2) is 10.1. The summed E-state index contributed by atoms with van der Waals surface area (Å²) in [6, 6.07) is -1.63. The molecule has 34 heavy (non-hydrogen) atoms. The Morgan fingerprint density at radius 2 is 1.85 bits per heavy atom. The number of ether oxygens (including phenoxy) is 1. The van der Waals surface area contributed by atoms with E-state index < -0.39 is 35.6 Å². The summed E-state index contributed by atoms with van der Waals surface area (Å²) in [6.07, 6.45) is 3.23. The first-order valence-electron chi connectivity index (χ1n) is 12.0. The van der Waals surface area contributed by atoms with Gasteiger partial charge in [0.25, 0.3) is 0 Å². The molecule has 3 fully saturated rings. The van der Waals surface area contributed by atoms with Gasteiger partial charge in [-0.2, -0.15) is 0 Å². The lowest BCUT2D eigenvalue weighted by molar-refractivity contribution is -0.153. The van der Waals surface area contributed by atoms with E-state index in [0.29, 0.717) is 19.5 Å². The summed E-state index contributed by atoms with van der Waals surface area (Å²) in [6.45, 7) is 15.6. The predicted molar refractivity (Wildman–Crippen MR) is 133 cm³/mol. The van der Waals surface area contributed by atoms with Crippen molar-refractivity contribution in [2.75, 3.05) is 26.7 Å². The largest absolute Gasteiger partial charge is 0.394 e. The Morgan fingerprint density at radius 1 is 1.24 bits per heavy atom. The van der Waals surface area contributed by atoms with Crippen LogP contribution in [0.2, 0.25) is 0 Å². The Bertz CT molecular complexity index is 848. The number of hydrogen-bond acceptors (Lipinski definition) is 5. The van der Waals surface area contributed by atoms with E-state index in [2.05, 4.69) is 29.1 Å². The third-order valence-electron chi connectivity index (χ3n) is 7.57. The number of aliphatic hydroxyl groups excluding tert-OH is 1. The van der Waals surface area contributed by atoms with E-state index in [4.69, 9.17) is 4.74 Å². The number of carbonyl (C=O) groups is 3. The van der Waals surface area contributed by atoms with Crippen LogP contribution >= 0.6 is 15.9 Å². The summed E-state index contributed by atoms with van der Waals surface area (Å²) in [5, 5.41) is 10.3. The highest BCUT2D eigenvalue weighted by Gasteiger charge is 2.77. The van der Waals surface area contributed by atoms with Gasteiger partial charge in [-0.1, -0.05) is 41.9 Å². The molecule has 3 unspecified atom stereocenters. The zero-order valence-corrected chi connectivity index (χ0v) is 22.4. The maximum Gasteiger partial charge on any atom is 0.248 e. The van der Waals surface area contributed by atoms with Crippen LogP contribution in [0.4, 0.5) is 0 Å². The van der Waals surface area contributed by atoms with Gasteiger partial charge in [-0.3, -0.25) is 14.4 Å². The number of nitrogens with zero attached hydrogens (tertiary/aromatic N) is 3. The van der Waals surface area contributed by atoms with Gasteiger partial charge in [0.15, 0.2) is 0 Å². The molecule has 8 nitrogen and oxygen atoms in total. The van der Waals surface area contributed by atoms with Gasteiger partial charge >= 0.3 is 0 Å². The third kappa shape index (κ3) is 4.03. The van der Waals surface area contributed by atoms with Crippen molar-refractivity contribution in [3.05, 3.63) is 25.3 Å². The molecule has 3 heterocycles. The molecule has 0 saturated carbocycles. The number of likely N-dealkylation sites (tertiary alicyclic amines) is 1. The molecule has 190 valence electrons. The van der Waals surface area contributed by atoms with Gasteiger partial charge in [0, 0.05) is 31.0 Å². The van der Waals surface area contributed by atoms with Gasteiger partial charge in [-0.15, -0.1) is 13.2 Å². The highest BCUT2D eigenvalue weighted by molar-refractivity contribution is 9.09. The van der Waals surface area contributed by atoms with Crippen molar-refractivity contribution >= 4 is 33.7 Å². The van der Waals surface area contributed by atoms with Crippen molar-refractivity contribution in [2.24, 2.45) is 17.8 Å². The first kappa shape index (κ1) is 26.9. The van der Waals surface area contributed by atoms with Crippen molar-refractivity contribution in [2.45, 2.75) is 68.8 Å². The minimum atomic E-state index is -1.14. The summed E-state index contributed by atoms with van der Waals surface area (Å²) in [5.41, 5.74) is -1.14. The number of fused-ring (bicyclic) bond motifs is 1. The van der Waals surface area contributed by atoms with Crippen molar-refractivity contribution < 1.29 is 24.2 Å². The van der Waals surface area contributed by atoms with Gasteiger partial charge in [0.1, 0.15) is 11.6 Å². The first-order chi connectivity index (χ1) is 16.0. The van der Waals surface area contributed by atoms with Crippen LogP contribution in [0.3, 0.4) is 0 Å². The second-order valence-electron chi connectivity index (χ2n) is 10.3. The van der Waals surface area contributed by atoms with Crippen LogP contribution in [-0.4, -0.2) is 98.9 Å². The molecule has 0 aromatic heterocycles. The molecular weight excluding hydrogens is 502 g/mol. The number of aliphatic hydroxyl groups is 1. The smallest absolute Gasteiger partial charge is 0.248 e. The lowest BCUT2D eigenvalue weighted by Gasteiger charge is -2.41. The van der Waals surface area contributed by atoms with E-state index in [0.717, 1.165) is 0 Å². The Balaban J connectivity index is 2.16. The zero-order chi connectivity index (χ0) is 25.5. The Labute approximate surface area is 211 Å². The second-order valence-corrected chi connectivity index (χ2v) is 11.5. The maximum atomic E-state index is 14.1.